The smallest absolute Gasteiger partial charge is 0.222 e. The van der Waals surface area contributed by atoms with Crippen molar-refractivity contribution in [3.05, 3.63) is 0 Å². The van der Waals surface area contributed by atoms with E-state index in [9.17, 15) is 4.79 Å². The lowest BCUT2D eigenvalue weighted by Gasteiger charge is -2.16. The highest BCUT2D eigenvalue weighted by Gasteiger charge is 2.27. The number of hydrogen-bond donors (Lipinski definition) is 1. The number of halogens is 1. The molecule has 1 N–H and O–H groups in total. The molecule has 1 aliphatic heterocycles. The van der Waals surface area contributed by atoms with Crippen molar-refractivity contribution < 1.29 is 19.4 Å². The van der Waals surface area contributed by atoms with Gasteiger partial charge in [-0.1, -0.05) is 15.9 Å². The summed E-state index contributed by atoms with van der Waals surface area (Å²) < 4.78 is 10.4. The van der Waals surface area contributed by atoms with Crippen LogP contribution < -0.4 is 0 Å². The van der Waals surface area contributed by atoms with Crippen LogP contribution in [0.4, 0.5) is 0 Å². The number of carbonyl (C=O) groups excluding carboxylic acids is 1. The van der Waals surface area contributed by atoms with Gasteiger partial charge in [-0.25, -0.2) is 0 Å². The maximum atomic E-state index is 11.6. The molecule has 0 aromatic rings. The van der Waals surface area contributed by atoms with Crippen molar-refractivity contribution in [2.75, 3.05) is 51.5 Å². The van der Waals surface area contributed by atoms with Gasteiger partial charge in [0.1, 0.15) is 0 Å². The van der Waals surface area contributed by atoms with Crippen molar-refractivity contribution in [3.8, 4) is 0 Å². The van der Waals surface area contributed by atoms with Crippen LogP contribution >= 0.6 is 15.9 Å². The first kappa shape index (κ1) is 15.9. The van der Waals surface area contributed by atoms with Crippen LogP contribution in [-0.2, 0) is 14.3 Å². The minimum atomic E-state index is 0.0474. The summed E-state index contributed by atoms with van der Waals surface area (Å²) in [6.45, 7) is 3.74. The molecule has 1 unspecified atom stereocenters. The quantitative estimate of drug-likeness (QED) is 0.473. The van der Waals surface area contributed by atoms with Gasteiger partial charge in [0.2, 0.25) is 5.91 Å². The topological polar surface area (TPSA) is 59.0 Å². The zero-order valence-electron chi connectivity index (χ0n) is 10.6. The minimum Gasteiger partial charge on any atom is -0.394 e. The standard InChI is InChI=1S/C12H22BrNO4/c13-9-11-8-12(16)14(10-11)2-1-4-17-6-7-18-5-3-15/h11,15H,1-10H2. The van der Waals surface area contributed by atoms with Crippen molar-refractivity contribution in [2.45, 2.75) is 12.8 Å². The third-order valence-corrected chi connectivity index (χ3v) is 3.75. The molecule has 0 bridgehead atoms. The van der Waals surface area contributed by atoms with E-state index in [-0.39, 0.29) is 12.5 Å². The lowest BCUT2D eigenvalue weighted by Crippen LogP contribution is -2.27. The zero-order valence-corrected chi connectivity index (χ0v) is 12.2. The van der Waals surface area contributed by atoms with Gasteiger partial charge < -0.3 is 19.5 Å². The lowest BCUT2D eigenvalue weighted by molar-refractivity contribution is -0.127. The van der Waals surface area contributed by atoms with E-state index < -0.39 is 0 Å². The first-order chi connectivity index (χ1) is 8.77. The van der Waals surface area contributed by atoms with Crippen molar-refractivity contribution in [2.24, 2.45) is 5.92 Å². The maximum absolute atomic E-state index is 11.6. The van der Waals surface area contributed by atoms with E-state index >= 15 is 0 Å². The molecule has 1 atom stereocenters. The van der Waals surface area contributed by atoms with Gasteiger partial charge in [-0.2, -0.15) is 0 Å². The number of nitrogens with zero attached hydrogens (tertiary/aromatic N) is 1. The van der Waals surface area contributed by atoms with E-state index in [1.54, 1.807) is 0 Å². The number of likely N-dealkylation sites (tertiary alicyclic amines) is 1. The zero-order chi connectivity index (χ0) is 13.2. The Kier molecular flexibility index (Phi) is 8.58. The maximum Gasteiger partial charge on any atom is 0.222 e. The largest absolute Gasteiger partial charge is 0.394 e. The number of aliphatic hydroxyl groups excluding tert-OH is 1. The Labute approximate surface area is 117 Å². The average Bonchev–Trinajstić information content (AvgIpc) is 2.73. The fourth-order valence-corrected chi connectivity index (χ4v) is 2.35. The first-order valence-corrected chi connectivity index (χ1v) is 7.50. The van der Waals surface area contributed by atoms with E-state index in [1.165, 1.54) is 0 Å². The van der Waals surface area contributed by atoms with Crippen LogP contribution in [0, 0.1) is 5.92 Å². The molecule has 1 saturated heterocycles. The normalized spacial score (nSPS) is 19.8. The predicted molar refractivity (Wildman–Crippen MR) is 71.8 cm³/mol. The van der Waals surface area contributed by atoms with E-state index in [1.807, 2.05) is 4.90 Å². The summed E-state index contributed by atoms with van der Waals surface area (Å²) in [7, 11) is 0. The van der Waals surface area contributed by atoms with E-state index in [0.29, 0.717) is 38.8 Å². The molecule has 1 aliphatic rings. The van der Waals surface area contributed by atoms with E-state index in [4.69, 9.17) is 14.6 Å². The summed E-state index contributed by atoms with van der Waals surface area (Å²) in [6.07, 6.45) is 1.53. The Bertz CT molecular complexity index is 240. The van der Waals surface area contributed by atoms with Crippen LogP contribution in [0.5, 0.6) is 0 Å². The highest BCUT2D eigenvalue weighted by Crippen LogP contribution is 2.19. The number of carbonyl (C=O) groups is 1. The van der Waals surface area contributed by atoms with Gasteiger partial charge in [0, 0.05) is 31.4 Å². The molecule has 6 heteroatoms. The molecule has 0 aromatic heterocycles. The number of hydrogen-bond acceptors (Lipinski definition) is 4. The van der Waals surface area contributed by atoms with Gasteiger partial charge >= 0.3 is 0 Å². The lowest BCUT2D eigenvalue weighted by atomic mass is 10.2. The molecule has 1 rings (SSSR count). The first-order valence-electron chi connectivity index (χ1n) is 6.38. The van der Waals surface area contributed by atoms with Crippen LogP contribution in [0.15, 0.2) is 0 Å². The molecular weight excluding hydrogens is 302 g/mol. The second-order valence-electron chi connectivity index (χ2n) is 4.37. The fourth-order valence-electron chi connectivity index (χ4n) is 1.92. The van der Waals surface area contributed by atoms with E-state index in [2.05, 4.69) is 15.9 Å². The molecule has 0 radical (unpaired) electrons. The number of ether oxygens (including phenoxy) is 2. The fraction of sp³-hybridized carbons (Fsp3) is 0.917. The summed E-state index contributed by atoms with van der Waals surface area (Å²) in [4.78, 5) is 13.5. The number of rotatable bonds is 10. The highest BCUT2D eigenvalue weighted by atomic mass is 79.9. The second-order valence-corrected chi connectivity index (χ2v) is 5.01. The number of aliphatic hydroxyl groups is 1. The number of amides is 1. The highest BCUT2D eigenvalue weighted by molar-refractivity contribution is 9.09. The van der Waals surface area contributed by atoms with Crippen LogP contribution in [0.25, 0.3) is 0 Å². The molecule has 106 valence electrons. The molecule has 1 fully saturated rings. The van der Waals surface area contributed by atoms with Gasteiger partial charge in [0.05, 0.1) is 26.4 Å². The van der Waals surface area contributed by atoms with Crippen molar-refractivity contribution >= 4 is 21.8 Å². The monoisotopic (exact) mass is 323 g/mol. The van der Waals surface area contributed by atoms with Gasteiger partial charge in [-0.15, -0.1) is 0 Å². The van der Waals surface area contributed by atoms with Gasteiger partial charge in [-0.3, -0.25) is 4.79 Å². The molecule has 1 heterocycles. The number of alkyl halides is 1. The summed E-state index contributed by atoms with van der Waals surface area (Å²) >= 11 is 3.42. The molecule has 0 aliphatic carbocycles. The Morgan fingerprint density at radius 1 is 1.28 bits per heavy atom. The SMILES string of the molecule is O=C1CC(CBr)CN1CCCOCCOCCO. The van der Waals surface area contributed by atoms with Crippen LogP contribution in [0.1, 0.15) is 12.8 Å². The summed E-state index contributed by atoms with van der Waals surface area (Å²) in [5, 5.41) is 9.39. The van der Waals surface area contributed by atoms with Gasteiger partial charge in [-0.05, 0) is 12.3 Å². The van der Waals surface area contributed by atoms with Crippen LogP contribution in [-0.4, -0.2) is 67.4 Å². The van der Waals surface area contributed by atoms with Crippen molar-refractivity contribution in [1.82, 2.24) is 4.90 Å². The van der Waals surface area contributed by atoms with Crippen molar-refractivity contribution in [3.63, 3.8) is 0 Å². The summed E-state index contributed by atoms with van der Waals surface area (Å²) in [5.74, 6) is 0.719. The Balaban J connectivity index is 1.93. The molecule has 1 amide bonds. The Hall–Kier alpha value is -0.170. The third kappa shape index (κ3) is 6.13. The Morgan fingerprint density at radius 3 is 2.61 bits per heavy atom. The van der Waals surface area contributed by atoms with Gasteiger partial charge in [0.15, 0.2) is 0 Å². The predicted octanol–water partition coefficient (Wildman–Crippen LogP) is 0.645. The van der Waals surface area contributed by atoms with Gasteiger partial charge in [0.25, 0.3) is 0 Å². The Morgan fingerprint density at radius 2 is 2.00 bits per heavy atom. The molecular formula is C12H22BrNO4. The molecule has 0 aromatic carbocycles. The van der Waals surface area contributed by atoms with Crippen LogP contribution in [0.2, 0.25) is 0 Å². The van der Waals surface area contributed by atoms with Crippen LogP contribution in [0.3, 0.4) is 0 Å². The molecule has 0 spiro atoms. The summed E-state index contributed by atoms with van der Waals surface area (Å²) in [6, 6.07) is 0. The van der Waals surface area contributed by atoms with E-state index in [0.717, 1.165) is 24.8 Å². The molecule has 0 saturated carbocycles. The second kappa shape index (κ2) is 9.72. The minimum absolute atomic E-state index is 0.0474. The summed E-state index contributed by atoms with van der Waals surface area (Å²) in [5.41, 5.74) is 0. The molecule has 5 nitrogen and oxygen atoms in total. The molecule has 18 heavy (non-hydrogen) atoms. The average molecular weight is 324 g/mol. The van der Waals surface area contributed by atoms with Crippen molar-refractivity contribution in [1.29, 1.82) is 0 Å². The third-order valence-electron chi connectivity index (χ3n) is 2.84.